The molecule has 0 spiro atoms. The number of hydrogen-bond acceptors (Lipinski definition) is 4. The number of nitrogens with one attached hydrogen (secondary N) is 2. The second-order valence-corrected chi connectivity index (χ2v) is 9.31. The molecule has 1 heterocycles. The molecular weight excluding hydrogens is 479 g/mol. The van der Waals surface area contributed by atoms with Crippen LogP contribution in [-0.2, 0) is 13.0 Å². The number of benzene rings is 2. The van der Waals surface area contributed by atoms with Gasteiger partial charge in [-0.1, -0.05) is 35.3 Å². The van der Waals surface area contributed by atoms with Gasteiger partial charge in [-0.05, 0) is 84.3 Å². The fourth-order valence-electron chi connectivity index (χ4n) is 3.75. The lowest BCUT2D eigenvalue weighted by atomic mass is 9.92. The second kappa shape index (κ2) is 11.0. The number of halogens is 2. The Labute approximate surface area is 207 Å². The molecule has 9 heteroatoms. The number of aryl methyl sites for hydroxylation is 1. The first-order valence-electron chi connectivity index (χ1n) is 10.6. The lowest BCUT2D eigenvalue weighted by Gasteiger charge is -2.18. The number of carbonyl (C=O) groups is 1. The monoisotopic (exact) mass is 502 g/mol. The van der Waals surface area contributed by atoms with Gasteiger partial charge in [0, 0.05) is 21.5 Å². The van der Waals surface area contributed by atoms with Gasteiger partial charge in [0.1, 0.15) is 5.75 Å². The minimum absolute atomic E-state index is 0.245. The molecule has 0 aliphatic heterocycles. The molecule has 33 heavy (non-hydrogen) atoms. The molecule has 0 fully saturated rings. The van der Waals surface area contributed by atoms with Crippen molar-refractivity contribution < 1.29 is 9.53 Å². The molecular formula is C24H24Cl2N4O2S. The molecule has 2 N–H and O–H groups in total. The molecule has 1 aliphatic carbocycles. The molecule has 1 aliphatic rings. The number of nitrogens with zero attached hydrogens (tertiary/aromatic N) is 2. The highest BCUT2D eigenvalue weighted by Crippen LogP contribution is 2.32. The molecule has 1 aromatic heterocycles. The average molecular weight is 503 g/mol. The lowest BCUT2D eigenvalue weighted by Crippen LogP contribution is -2.31. The molecule has 0 saturated heterocycles. The molecule has 0 radical (unpaired) electrons. The topological polar surface area (TPSA) is 68.2 Å². The second-order valence-electron chi connectivity index (χ2n) is 7.58. The van der Waals surface area contributed by atoms with Crippen molar-refractivity contribution in [1.29, 1.82) is 0 Å². The summed E-state index contributed by atoms with van der Waals surface area (Å²) in [6.07, 6.45) is 6.99. The average Bonchev–Trinajstić information content (AvgIpc) is 3.23. The summed E-state index contributed by atoms with van der Waals surface area (Å²) in [5.41, 5.74) is 4.48. The predicted molar refractivity (Wildman–Crippen MR) is 134 cm³/mol. The zero-order valence-corrected chi connectivity index (χ0v) is 20.4. The number of carbonyl (C=O) groups excluding carboxylic acids is 1. The third kappa shape index (κ3) is 6.05. The van der Waals surface area contributed by atoms with E-state index in [0.29, 0.717) is 23.1 Å². The van der Waals surface area contributed by atoms with Crippen molar-refractivity contribution in [2.75, 3.05) is 13.7 Å². The molecule has 0 saturated carbocycles. The number of rotatable bonds is 7. The zero-order valence-electron chi connectivity index (χ0n) is 18.1. The molecule has 0 unspecified atom stereocenters. The minimum Gasteiger partial charge on any atom is -0.497 e. The van der Waals surface area contributed by atoms with Gasteiger partial charge in [-0.3, -0.25) is 9.40 Å². The normalized spacial score (nSPS) is 14.1. The van der Waals surface area contributed by atoms with Crippen LogP contribution in [0.1, 0.15) is 29.7 Å². The van der Waals surface area contributed by atoms with E-state index in [4.69, 9.17) is 27.9 Å². The van der Waals surface area contributed by atoms with Gasteiger partial charge in [0.25, 0.3) is 0 Å². The summed E-state index contributed by atoms with van der Waals surface area (Å²) in [5, 5.41) is 8.73. The minimum atomic E-state index is -0.245. The largest absolute Gasteiger partial charge is 0.497 e. The first-order chi connectivity index (χ1) is 16.0. The predicted octanol–water partition coefficient (Wildman–Crippen LogP) is 5.97. The van der Waals surface area contributed by atoms with Crippen molar-refractivity contribution in [2.45, 2.75) is 30.7 Å². The molecule has 6 nitrogen and oxygen atoms in total. The standard InChI is InChI=1S/C24H24Cl2N4O2S/c1-32-20-7-9-21(10-8-20)33-29-24(31)27-12-11-16-3-2-4-17-14-28-30(23(16)17)15-18-5-6-19(25)13-22(18)26/h5-11,13-14H,2-4,12,15H2,1H3,(H2,27,29,31)/b16-11+. The van der Waals surface area contributed by atoms with Crippen molar-refractivity contribution in [1.82, 2.24) is 19.8 Å². The van der Waals surface area contributed by atoms with Crippen LogP contribution in [0.5, 0.6) is 5.75 Å². The van der Waals surface area contributed by atoms with Crippen molar-refractivity contribution in [3.05, 3.63) is 81.6 Å². The summed E-state index contributed by atoms with van der Waals surface area (Å²) in [4.78, 5) is 13.1. The van der Waals surface area contributed by atoms with E-state index in [-0.39, 0.29) is 6.03 Å². The van der Waals surface area contributed by atoms with Crippen LogP contribution in [0.25, 0.3) is 5.57 Å². The highest BCUT2D eigenvalue weighted by molar-refractivity contribution is 7.98. The highest BCUT2D eigenvalue weighted by Gasteiger charge is 2.20. The van der Waals surface area contributed by atoms with Gasteiger partial charge in [0.2, 0.25) is 0 Å². The Hall–Kier alpha value is -2.61. The van der Waals surface area contributed by atoms with Gasteiger partial charge in [-0.15, -0.1) is 0 Å². The maximum Gasteiger partial charge on any atom is 0.325 e. The Kier molecular flexibility index (Phi) is 7.85. The molecule has 0 bridgehead atoms. The van der Waals surface area contributed by atoms with E-state index >= 15 is 0 Å². The number of fused-ring (bicyclic) bond motifs is 1. The summed E-state index contributed by atoms with van der Waals surface area (Å²) in [6, 6.07) is 12.8. The number of ether oxygens (including phenoxy) is 1. The first-order valence-corrected chi connectivity index (χ1v) is 12.1. The van der Waals surface area contributed by atoms with Gasteiger partial charge >= 0.3 is 6.03 Å². The maximum absolute atomic E-state index is 12.2. The smallest absolute Gasteiger partial charge is 0.325 e. The fraction of sp³-hybridized carbons (Fsp3) is 0.250. The first kappa shape index (κ1) is 23.5. The summed E-state index contributed by atoms with van der Waals surface area (Å²) in [5.74, 6) is 0.778. The van der Waals surface area contributed by atoms with Crippen LogP contribution in [0.2, 0.25) is 10.0 Å². The molecule has 0 atom stereocenters. The van der Waals surface area contributed by atoms with Crippen LogP contribution in [0.3, 0.4) is 0 Å². The van der Waals surface area contributed by atoms with Crippen molar-refractivity contribution in [3.63, 3.8) is 0 Å². The van der Waals surface area contributed by atoms with E-state index in [1.165, 1.54) is 23.1 Å². The van der Waals surface area contributed by atoms with Crippen LogP contribution in [-0.4, -0.2) is 29.5 Å². The summed E-state index contributed by atoms with van der Waals surface area (Å²) in [6.45, 7) is 0.992. The van der Waals surface area contributed by atoms with Crippen LogP contribution in [0.4, 0.5) is 4.79 Å². The lowest BCUT2D eigenvalue weighted by molar-refractivity contribution is 0.247. The summed E-state index contributed by atoms with van der Waals surface area (Å²) < 4.78 is 9.92. The van der Waals surface area contributed by atoms with Crippen LogP contribution in [0.15, 0.2) is 59.6 Å². The SMILES string of the molecule is COc1ccc(SNC(=O)NC/C=C2\CCCc3cnn(Cc4ccc(Cl)cc4Cl)c32)cc1. The molecule has 2 aromatic carbocycles. The van der Waals surface area contributed by atoms with Crippen LogP contribution < -0.4 is 14.8 Å². The van der Waals surface area contributed by atoms with Crippen LogP contribution in [0, 0.1) is 0 Å². The number of amides is 2. The summed E-state index contributed by atoms with van der Waals surface area (Å²) >= 11 is 13.7. The van der Waals surface area contributed by atoms with Crippen molar-refractivity contribution >= 4 is 46.8 Å². The quantitative estimate of drug-likeness (QED) is 0.390. The number of urea groups is 1. The maximum atomic E-state index is 12.2. The van der Waals surface area contributed by atoms with Gasteiger partial charge in [0.05, 0.1) is 25.5 Å². The van der Waals surface area contributed by atoms with Crippen LogP contribution >= 0.6 is 35.1 Å². The molecule has 2 amide bonds. The molecule has 172 valence electrons. The van der Waals surface area contributed by atoms with Gasteiger partial charge in [-0.2, -0.15) is 5.10 Å². The Morgan fingerprint density at radius 3 is 2.79 bits per heavy atom. The number of allylic oxidation sites excluding steroid dienone is 1. The van der Waals surface area contributed by atoms with Gasteiger partial charge in [-0.25, -0.2) is 4.79 Å². The van der Waals surface area contributed by atoms with Gasteiger partial charge < -0.3 is 10.1 Å². The third-order valence-corrected chi connectivity index (χ3v) is 6.76. The highest BCUT2D eigenvalue weighted by atomic mass is 35.5. The van der Waals surface area contributed by atoms with Crippen molar-refractivity contribution in [3.8, 4) is 5.75 Å². The van der Waals surface area contributed by atoms with E-state index in [2.05, 4.69) is 21.2 Å². The van der Waals surface area contributed by atoms with E-state index in [0.717, 1.165) is 41.2 Å². The number of aromatic nitrogens is 2. The summed E-state index contributed by atoms with van der Waals surface area (Å²) in [7, 11) is 1.62. The Bertz CT molecular complexity index is 1160. The van der Waals surface area contributed by atoms with Crippen molar-refractivity contribution in [2.24, 2.45) is 0 Å². The molecule has 4 rings (SSSR count). The van der Waals surface area contributed by atoms with E-state index in [1.807, 2.05) is 47.3 Å². The Balaban J connectivity index is 1.37. The number of methoxy groups -OCH3 is 1. The Morgan fingerprint density at radius 1 is 1.21 bits per heavy atom. The third-order valence-electron chi connectivity index (χ3n) is 5.38. The van der Waals surface area contributed by atoms with E-state index < -0.39 is 0 Å². The molecule has 3 aromatic rings. The van der Waals surface area contributed by atoms with E-state index in [1.54, 1.807) is 13.2 Å². The number of hydrogen-bond donors (Lipinski definition) is 2. The van der Waals surface area contributed by atoms with Gasteiger partial charge in [0.15, 0.2) is 0 Å². The fourth-order valence-corrected chi connectivity index (χ4v) is 4.77. The van der Waals surface area contributed by atoms with E-state index in [9.17, 15) is 4.79 Å². The Morgan fingerprint density at radius 2 is 2.03 bits per heavy atom. The zero-order chi connectivity index (χ0) is 23.2.